The summed E-state index contributed by atoms with van der Waals surface area (Å²) in [5, 5.41) is 21.8. The summed E-state index contributed by atoms with van der Waals surface area (Å²) in [6, 6.07) is -1.62. The Hall–Kier alpha value is -4.38. The van der Waals surface area contributed by atoms with Gasteiger partial charge >= 0.3 is 19.8 Å². The number of allylic oxidation sites excluding steroid dienone is 21. The molecule has 0 aromatic rings. The number of phosphoric ester groups is 1. The molecule has 0 aromatic carbocycles. The topological polar surface area (TPSA) is 169 Å². The molecule has 0 radical (unpaired) electrons. The normalized spacial score (nSPS) is 14.6. The summed E-state index contributed by atoms with van der Waals surface area (Å²) in [4.78, 5) is 46.0. The Bertz CT molecular complexity index is 1650. The maximum absolute atomic E-state index is 12.3. The molecule has 1 amide bonds. The average Bonchev–Trinajstić information content (AvgIpc) is 3.32. The fraction of sp³-hybridized carbons (Fsp3) is 0.554. The highest BCUT2D eigenvalue weighted by molar-refractivity contribution is 7.47. The molecule has 0 bridgehead atoms. The molecule has 0 aliphatic carbocycles. The second-order valence-corrected chi connectivity index (χ2v) is 17.7. The number of phosphoric acid groups is 1. The zero-order valence-corrected chi connectivity index (χ0v) is 42.5. The molecule has 0 spiro atoms. The van der Waals surface area contributed by atoms with Crippen LogP contribution in [0, 0.1) is 0 Å². The number of rotatable bonds is 45. The van der Waals surface area contributed by atoms with E-state index in [1.807, 2.05) is 12.2 Å². The molecule has 0 rings (SSSR count). The van der Waals surface area contributed by atoms with Gasteiger partial charge in [0.05, 0.1) is 13.2 Å². The van der Waals surface area contributed by atoms with Gasteiger partial charge in [0.1, 0.15) is 12.7 Å². The summed E-state index contributed by atoms with van der Waals surface area (Å²) in [5.74, 6) is -2.58. The van der Waals surface area contributed by atoms with E-state index in [2.05, 4.69) is 129 Å². The minimum Gasteiger partial charge on any atom is -0.480 e. The van der Waals surface area contributed by atoms with E-state index in [1.165, 1.54) is 32.1 Å². The lowest BCUT2D eigenvalue weighted by atomic mass is 10.1. The van der Waals surface area contributed by atoms with Gasteiger partial charge in [-0.15, -0.1) is 0 Å². The summed E-state index contributed by atoms with van der Waals surface area (Å²) in [7, 11) is -4.80. The highest BCUT2D eigenvalue weighted by atomic mass is 31.2. The van der Waals surface area contributed by atoms with Crippen molar-refractivity contribution in [2.45, 2.75) is 180 Å². The van der Waals surface area contributed by atoms with Crippen LogP contribution >= 0.6 is 7.82 Å². The SMILES string of the molecule is CC/C=C\C/C=C\C/C=C\C/C=C\C/C=C\C/C=C\C/C=C\CC(=O)NC(COP(=O)(O)OCC(O)COC(=O)CCCCCCCCC/C=C\C/C=C\C/C=C\C/C=C\CCCCC)C(=O)O. The van der Waals surface area contributed by atoms with E-state index in [0.29, 0.717) is 12.8 Å². The van der Waals surface area contributed by atoms with Crippen LogP contribution in [-0.2, 0) is 32.7 Å². The van der Waals surface area contributed by atoms with Gasteiger partial charge < -0.3 is 25.2 Å². The number of carboxylic acid groups (broad SMARTS) is 1. The first-order valence-electron chi connectivity index (χ1n) is 25.2. The number of nitrogens with one attached hydrogen (secondary N) is 1. The number of carboxylic acids is 1. The number of aliphatic carboxylic acids is 1. The van der Waals surface area contributed by atoms with Gasteiger partial charge in [-0.2, -0.15) is 0 Å². The number of aliphatic hydroxyl groups excluding tert-OH is 1. The van der Waals surface area contributed by atoms with Crippen LogP contribution in [0.3, 0.4) is 0 Å². The van der Waals surface area contributed by atoms with Crippen molar-refractivity contribution in [3.8, 4) is 0 Å². The standard InChI is InChI=1S/C56H88NO10P/c1-3-5-7-9-11-13-15-17-19-21-23-25-26-28-30-32-34-36-38-40-42-44-46-48-55(60)65-49-52(58)50-66-68(63,64)67-51-53(56(61)62)57-54(59)47-45-43-41-39-37-35-33-31-29-27-24-22-20-18-16-14-12-10-8-6-4-2/h6,8,11-14,17-20,23-25,27-28,30-31,33,37,39,43,45,52-53,58H,3-5,7,9-10,15-16,21-22,26,29,32,34-36,38,40-42,44,46-51H2,1-2H3,(H,57,59)(H,61,62)(H,63,64)/b8-6-,13-11-,14-12-,19-17-,20-18-,25-23-,27-24-,30-28-,33-31-,39-37-,45-43-. The zero-order chi connectivity index (χ0) is 49.9. The monoisotopic (exact) mass is 966 g/mol. The third-order valence-corrected chi connectivity index (χ3v) is 10.9. The van der Waals surface area contributed by atoms with Gasteiger partial charge in [-0.25, -0.2) is 9.36 Å². The number of carbonyl (C=O) groups excluding carboxylic acids is 2. The van der Waals surface area contributed by atoms with Gasteiger partial charge in [0.15, 0.2) is 6.04 Å². The maximum Gasteiger partial charge on any atom is 0.472 e. The lowest BCUT2D eigenvalue weighted by Crippen LogP contribution is -2.43. The van der Waals surface area contributed by atoms with E-state index in [-0.39, 0.29) is 12.8 Å². The van der Waals surface area contributed by atoms with Gasteiger partial charge in [-0.3, -0.25) is 18.6 Å². The highest BCUT2D eigenvalue weighted by Gasteiger charge is 2.28. The number of hydrogen-bond donors (Lipinski definition) is 4. The van der Waals surface area contributed by atoms with E-state index in [1.54, 1.807) is 12.2 Å². The van der Waals surface area contributed by atoms with Gasteiger partial charge in [0.2, 0.25) is 5.91 Å². The quantitative estimate of drug-likeness (QED) is 0.0199. The van der Waals surface area contributed by atoms with Crippen molar-refractivity contribution in [1.29, 1.82) is 0 Å². The third-order valence-electron chi connectivity index (χ3n) is 9.95. The van der Waals surface area contributed by atoms with Crippen LogP contribution < -0.4 is 5.32 Å². The maximum atomic E-state index is 12.3. The molecule has 0 saturated heterocycles. The lowest BCUT2D eigenvalue weighted by molar-refractivity contribution is -0.147. The number of carbonyl (C=O) groups is 3. The Morgan fingerprint density at radius 2 is 0.882 bits per heavy atom. The van der Waals surface area contributed by atoms with E-state index in [0.717, 1.165) is 96.3 Å². The van der Waals surface area contributed by atoms with Crippen molar-refractivity contribution in [2.75, 3.05) is 19.8 Å². The van der Waals surface area contributed by atoms with Crippen LogP contribution in [0.5, 0.6) is 0 Å². The predicted molar refractivity (Wildman–Crippen MR) is 281 cm³/mol. The second-order valence-electron chi connectivity index (χ2n) is 16.3. The third kappa shape index (κ3) is 48.1. The first-order valence-corrected chi connectivity index (χ1v) is 26.7. The molecule has 0 saturated carbocycles. The first kappa shape index (κ1) is 63.6. The average molecular weight is 966 g/mol. The molecule has 0 aliphatic rings. The molecule has 0 aromatic heterocycles. The van der Waals surface area contributed by atoms with Gasteiger partial charge in [0, 0.05) is 12.8 Å². The van der Waals surface area contributed by atoms with Crippen molar-refractivity contribution >= 4 is 25.7 Å². The number of amides is 1. The molecule has 4 N–H and O–H groups in total. The fourth-order valence-corrected chi connectivity index (χ4v) is 6.86. The number of unbranched alkanes of at least 4 members (excludes halogenated alkanes) is 10. The van der Waals surface area contributed by atoms with Crippen molar-refractivity contribution < 1.29 is 47.8 Å². The molecule has 0 aliphatic heterocycles. The van der Waals surface area contributed by atoms with E-state index < -0.39 is 57.6 Å². The summed E-state index contributed by atoms with van der Waals surface area (Å²) < 4.78 is 26.9. The zero-order valence-electron chi connectivity index (χ0n) is 41.6. The smallest absolute Gasteiger partial charge is 0.472 e. The molecule has 0 fully saturated rings. The number of hydrogen-bond acceptors (Lipinski definition) is 8. The Labute approximate surface area is 411 Å². The van der Waals surface area contributed by atoms with Crippen molar-refractivity contribution in [3.05, 3.63) is 134 Å². The van der Waals surface area contributed by atoms with Gasteiger partial charge in [-0.1, -0.05) is 192 Å². The Balaban J connectivity index is 4.00. The molecule has 12 heteroatoms. The fourth-order valence-electron chi connectivity index (χ4n) is 6.08. The summed E-state index contributed by atoms with van der Waals surface area (Å²) in [6.07, 6.45) is 67.9. The molecule has 0 heterocycles. The van der Waals surface area contributed by atoms with E-state index >= 15 is 0 Å². The Morgan fingerprint density at radius 1 is 0.500 bits per heavy atom. The van der Waals surface area contributed by atoms with Crippen LogP contribution in [0.2, 0.25) is 0 Å². The molecule has 68 heavy (non-hydrogen) atoms. The lowest BCUT2D eigenvalue weighted by Gasteiger charge is -2.18. The molecule has 382 valence electrons. The summed E-state index contributed by atoms with van der Waals surface area (Å²) >= 11 is 0. The van der Waals surface area contributed by atoms with Crippen molar-refractivity contribution in [3.63, 3.8) is 0 Å². The van der Waals surface area contributed by atoms with Crippen LogP contribution in [0.4, 0.5) is 0 Å². The number of ether oxygens (including phenoxy) is 1. The van der Waals surface area contributed by atoms with Crippen LogP contribution in [0.25, 0.3) is 0 Å². The second kappa shape index (κ2) is 49.1. The van der Waals surface area contributed by atoms with Crippen LogP contribution in [0.1, 0.15) is 168 Å². The molecule has 3 unspecified atom stereocenters. The summed E-state index contributed by atoms with van der Waals surface area (Å²) in [5.41, 5.74) is 0. The van der Waals surface area contributed by atoms with Crippen molar-refractivity contribution in [1.82, 2.24) is 5.32 Å². The molecular weight excluding hydrogens is 878 g/mol. The Morgan fingerprint density at radius 3 is 1.32 bits per heavy atom. The predicted octanol–water partition coefficient (Wildman–Crippen LogP) is 14.1. The molecular formula is C56H88NO10P. The minimum absolute atomic E-state index is 0.0984. The summed E-state index contributed by atoms with van der Waals surface area (Å²) in [6.45, 7) is 2.36. The first-order chi connectivity index (χ1) is 33.1. The van der Waals surface area contributed by atoms with Gasteiger partial charge in [0.25, 0.3) is 0 Å². The number of esters is 1. The van der Waals surface area contributed by atoms with E-state index in [9.17, 15) is 34.1 Å². The Kier molecular flexibility index (Phi) is 45.9. The van der Waals surface area contributed by atoms with Crippen LogP contribution in [-0.4, -0.2) is 64.9 Å². The van der Waals surface area contributed by atoms with Gasteiger partial charge in [-0.05, 0) is 96.3 Å². The largest absolute Gasteiger partial charge is 0.480 e. The number of aliphatic hydroxyl groups is 1. The molecule has 3 atom stereocenters. The highest BCUT2D eigenvalue weighted by Crippen LogP contribution is 2.43. The van der Waals surface area contributed by atoms with E-state index in [4.69, 9.17) is 13.8 Å². The molecule has 11 nitrogen and oxygen atoms in total. The van der Waals surface area contributed by atoms with Crippen molar-refractivity contribution in [2.24, 2.45) is 0 Å². The van der Waals surface area contributed by atoms with Crippen LogP contribution in [0.15, 0.2) is 134 Å². The minimum atomic E-state index is -4.80.